The summed E-state index contributed by atoms with van der Waals surface area (Å²) in [5, 5.41) is 8.88. The van der Waals surface area contributed by atoms with Crippen LogP contribution >= 0.6 is 0 Å². The van der Waals surface area contributed by atoms with Gasteiger partial charge in [-0.1, -0.05) is 6.92 Å². The molecule has 1 aliphatic heterocycles. The van der Waals surface area contributed by atoms with Crippen LogP contribution in [-0.4, -0.2) is 40.4 Å². The van der Waals surface area contributed by atoms with E-state index in [1.807, 2.05) is 0 Å². The van der Waals surface area contributed by atoms with E-state index in [0.29, 0.717) is 12.8 Å². The second-order valence-corrected chi connectivity index (χ2v) is 3.95. The lowest BCUT2D eigenvalue weighted by Gasteiger charge is -2.35. The number of piperidine rings is 1. The molecular formula is C10H16N2O4. The van der Waals surface area contributed by atoms with E-state index in [1.165, 1.54) is 4.90 Å². The molecule has 0 unspecified atom stereocenters. The van der Waals surface area contributed by atoms with Gasteiger partial charge in [0.05, 0.1) is 5.92 Å². The zero-order chi connectivity index (χ0) is 12.3. The first-order valence-corrected chi connectivity index (χ1v) is 5.29. The minimum Gasteiger partial charge on any atom is -0.481 e. The van der Waals surface area contributed by atoms with Gasteiger partial charge in [-0.05, 0) is 12.8 Å². The summed E-state index contributed by atoms with van der Waals surface area (Å²) in [5.41, 5.74) is 5.18. The van der Waals surface area contributed by atoms with Crippen molar-refractivity contribution in [3.05, 3.63) is 0 Å². The number of aliphatic carboxylic acids is 1. The summed E-state index contributed by atoms with van der Waals surface area (Å²) in [6.45, 7) is 1.82. The fraction of sp³-hybridized carbons (Fsp3) is 0.700. The van der Waals surface area contributed by atoms with Gasteiger partial charge in [-0.25, -0.2) is 0 Å². The molecule has 0 bridgehead atoms. The normalized spacial score (nSPS) is 22.9. The van der Waals surface area contributed by atoms with Crippen LogP contribution in [0.5, 0.6) is 0 Å². The minimum absolute atomic E-state index is 0.0790. The molecule has 0 aromatic rings. The lowest BCUT2D eigenvalue weighted by Crippen LogP contribution is -2.52. The second-order valence-electron chi connectivity index (χ2n) is 3.95. The molecule has 0 saturated carbocycles. The van der Waals surface area contributed by atoms with Crippen LogP contribution in [0.2, 0.25) is 0 Å². The Kier molecular flexibility index (Phi) is 3.87. The van der Waals surface area contributed by atoms with Gasteiger partial charge in [-0.2, -0.15) is 0 Å². The van der Waals surface area contributed by atoms with Crippen LogP contribution in [0.3, 0.4) is 0 Å². The van der Waals surface area contributed by atoms with Gasteiger partial charge in [-0.3, -0.25) is 14.4 Å². The summed E-state index contributed by atoms with van der Waals surface area (Å²) in [5.74, 6) is -2.30. The van der Waals surface area contributed by atoms with Crippen molar-refractivity contribution in [2.75, 3.05) is 6.54 Å². The Morgan fingerprint density at radius 1 is 1.62 bits per heavy atom. The van der Waals surface area contributed by atoms with Crippen LogP contribution in [0.1, 0.15) is 26.2 Å². The maximum absolute atomic E-state index is 11.6. The van der Waals surface area contributed by atoms with E-state index in [4.69, 9.17) is 10.8 Å². The van der Waals surface area contributed by atoms with Crippen LogP contribution in [0.25, 0.3) is 0 Å². The van der Waals surface area contributed by atoms with Gasteiger partial charge in [0.15, 0.2) is 0 Å². The zero-order valence-electron chi connectivity index (χ0n) is 9.18. The zero-order valence-corrected chi connectivity index (χ0v) is 9.18. The predicted octanol–water partition coefficient (Wildman–Crippen LogP) is -0.426. The van der Waals surface area contributed by atoms with E-state index in [2.05, 4.69) is 0 Å². The van der Waals surface area contributed by atoms with E-state index in [0.717, 1.165) is 0 Å². The number of primary amides is 1. The number of rotatable bonds is 4. The summed E-state index contributed by atoms with van der Waals surface area (Å²) in [6, 6.07) is -0.686. The molecule has 90 valence electrons. The molecule has 6 nitrogen and oxygen atoms in total. The number of carboxylic acids is 1. The SMILES string of the molecule is CC[C@@H](C(N)=O)N1C[C@H](C(=O)O)CCC1=O. The average molecular weight is 228 g/mol. The number of hydrogen-bond acceptors (Lipinski definition) is 3. The smallest absolute Gasteiger partial charge is 0.308 e. The fourth-order valence-electron chi connectivity index (χ4n) is 1.95. The van der Waals surface area contributed by atoms with E-state index < -0.39 is 23.8 Å². The average Bonchev–Trinajstić information content (AvgIpc) is 2.20. The van der Waals surface area contributed by atoms with Gasteiger partial charge in [0.1, 0.15) is 6.04 Å². The van der Waals surface area contributed by atoms with Crippen molar-refractivity contribution in [2.45, 2.75) is 32.2 Å². The monoisotopic (exact) mass is 228 g/mol. The molecule has 1 heterocycles. The molecule has 1 rings (SSSR count). The highest BCUT2D eigenvalue weighted by molar-refractivity contribution is 5.88. The Hall–Kier alpha value is -1.59. The van der Waals surface area contributed by atoms with E-state index in [1.54, 1.807) is 6.92 Å². The number of carbonyl (C=O) groups is 3. The second kappa shape index (κ2) is 4.96. The highest BCUT2D eigenvalue weighted by Gasteiger charge is 2.35. The molecule has 16 heavy (non-hydrogen) atoms. The Balaban J connectivity index is 2.79. The largest absolute Gasteiger partial charge is 0.481 e. The van der Waals surface area contributed by atoms with Crippen LogP contribution in [0.4, 0.5) is 0 Å². The topological polar surface area (TPSA) is 101 Å². The van der Waals surface area contributed by atoms with Gasteiger partial charge in [0, 0.05) is 13.0 Å². The molecule has 2 atom stereocenters. The van der Waals surface area contributed by atoms with Crippen LogP contribution in [0.15, 0.2) is 0 Å². The lowest BCUT2D eigenvalue weighted by atomic mass is 9.95. The first-order valence-electron chi connectivity index (χ1n) is 5.29. The van der Waals surface area contributed by atoms with Gasteiger partial charge in [-0.15, -0.1) is 0 Å². The Bertz CT molecular complexity index is 316. The first kappa shape index (κ1) is 12.5. The lowest BCUT2D eigenvalue weighted by molar-refractivity contribution is -0.151. The molecule has 1 fully saturated rings. The standard InChI is InChI=1S/C10H16N2O4/c1-2-7(9(11)14)12-5-6(10(15)16)3-4-8(12)13/h6-7H,2-5H2,1H3,(H2,11,14)(H,15,16)/t6-,7+/m1/s1. The Morgan fingerprint density at radius 3 is 2.69 bits per heavy atom. The third kappa shape index (κ3) is 2.50. The van der Waals surface area contributed by atoms with Crippen molar-refractivity contribution < 1.29 is 19.5 Å². The van der Waals surface area contributed by atoms with Crippen molar-refractivity contribution in [1.82, 2.24) is 4.90 Å². The maximum atomic E-state index is 11.6. The fourth-order valence-corrected chi connectivity index (χ4v) is 1.95. The first-order chi connectivity index (χ1) is 7.47. The van der Waals surface area contributed by atoms with Gasteiger partial charge in [0.25, 0.3) is 0 Å². The van der Waals surface area contributed by atoms with E-state index >= 15 is 0 Å². The summed E-state index contributed by atoms with van der Waals surface area (Å²) < 4.78 is 0. The molecule has 2 amide bonds. The third-order valence-corrected chi connectivity index (χ3v) is 2.88. The quantitative estimate of drug-likeness (QED) is 0.682. The van der Waals surface area contributed by atoms with Crippen LogP contribution < -0.4 is 5.73 Å². The number of nitrogens with zero attached hydrogens (tertiary/aromatic N) is 1. The molecule has 0 radical (unpaired) electrons. The van der Waals surface area contributed by atoms with E-state index in [9.17, 15) is 14.4 Å². The van der Waals surface area contributed by atoms with E-state index in [-0.39, 0.29) is 18.9 Å². The Labute approximate surface area is 93.4 Å². The number of likely N-dealkylation sites (tertiary alicyclic amines) is 1. The molecule has 1 saturated heterocycles. The summed E-state index contributed by atoms with van der Waals surface area (Å²) in [6.07, 6.45) is 0.911. The number of carboxylic acid groups (broad SMARTS) is 1. The van der Waals surface area contributed by atoms with Crippen LogP contribution in [0, 0.1) is 5.92 Å². The summed E-state index contributed by atoms with van der Waals surface area (Å²) in [7, 11) is 0. The molecular weight excluding hydrogens is 212 g/mol. The third-order valence-electron chi connectivity index (χ3n) is 2.88. The van der Waals surface area contributed by atoms with Gasteiger partial charge < -0.3 is 15.7 Å². The minimum atomic E-state index is -0.933. The van der Waals surface area contributed by atoms with Gasteiger partial charge >= 0.3 is 5.97 Å². The molecule has 0 spiro atoms. The number of hydrogen-bond donors (Lipinski definition) is 2. The molecule has 6 heteroatoms. The molecule has 0 aromatic carbocycles. The Morgan fingerprint density at radius 2 is 2.25 bits per heavy atom. The van der Waals surface area contributed by atoms with Gasteiger partial charge in [0.2, 0.25) is 11.8 Å². The molecule has 3 N–H and O–H groups in total. The summed E-state index contributed by atoms with van der Waals surface area (Å²) in [4.78, 5) is 34.9. The molecule has 0 aliphatic carbocycles. The van der Waals surface area contributed by atoms with Crippen molar-refractivity contribution in [1.29, 1.82) is 0 Å². The molecule has 0 aromatic heterocycles. The summed E-state index contributed by atoms with van der Waals surface area (Å²) >= 11 is 0. The number of amides is 2. The van der Waals surface area contributed by atoms with Crippen molar-refractivity contribution >= 4 is 17.8 Å². The molecule has 1 aliphatic rings. The number of carbonyl (C=O) groups excluding carboxylic acids is 2. The van der Waals surface area contributed by atoms with Crippen molar-refractivity contribution in [2.24, 2.45) is 11.7 Å². The maximum Gasteiger partial charge on any atom is 0.308 e. The number of nitrogens with two attached hydrogens (primary N) is 1. The highest BCUT2D eigenvalue weighted by atomic mass is 16.4. The van der Waals surface area contributed by atoms with Crippen LogP contribution in [-0.2, 0) is 14.4 Å². The predicted molar refractivity (Wildman–Crippen MR) is 55.3 cm³/mol. The van der Waals surface area contributed by atoms with Crippen molar-refractivity contribution in [3.63, 3.8) is 0 Å². The van der Waals surface area contributed by atoms with Crippen molar-refractivity contribution in [3.8, 4) is 0 Å². The highest BCUT2D eigenvalue weighted by Crippen LogP contribution is 2.20.